The first-order valence-electron chi connectivity index (χ1n) is 14.8. The number of nitrogens with one attached hydrogen (secondary N) is 2. The molecule has 0 saturated carbocycles. The average Bonchev–Trinajstić information content (AvgIpc) is 2.92. The normalized spacial score (nSPS) is 20.7. The second-order valence-electron chi connectivity index (χ2n) is 12.3. The molecule has 1 aromatic carbocycles. The van der Waals surface area contributed by atoms with E-state index in [1.807, 2.05) is 30.8 Å². The maximum atomic E-state index is 16.7. The molecule has 45 heavy (non-hydrogen) atoms. The Labute approximate surface area is 258 Å². The van der Waals surface area contributed by atoms with E-state index in [0.717, 1.165) is 13.0 Å². The largest absolute Gasteiger partial charge is 0.474 e. The molecule has 4 heterocycles. The molecule has 4 N–H and O–H groups in total. The smallest absolute Gasteiger partial charge is 0.417 e. The topological polar surface area (TPSA) is 114 Å². The Morgan fingerprint density at radius 2 is 1.84 bits per heavy atom. The van der Waals surface area contributed by atoms with Crippen molar-refractivity contribution < 1.29 is 31.4 Å². The Kier molecular flexibility index (Phi) is 8.99. The van der Waals surface area contributed by atoms with Gasteiger partial charge in [-0.3, -0.25) is 4.90 Å². The van der Waals surface area contributed by atoms with Crippen LogP contribution in [0.1, 0.15) is 31.4 Å². The number of nitrogens with zero attached hydrogens (tertiary/aromatic N) is 5. The van der Waals surface area contributed by atoms with Gasteiger partial charge < -0.3 is 30.7 Å². The molecule has 1 saturated heterocycles. The number of halogens is 5. The zero-order valence-electron chi connectivity index (χ0n) is 26.2. The number of rotatable bonds is 5. The summed E-state index contributed by atoms with van der Waals surface area (Å²) >= 11 is 0. The lowest BCUT2D eigenvalue weighted by atomic mass is 9.89. The van der Waals surface area contributed by atoms with E-state index in [4.69, 9.17) is 20.2 Å². The van der Waals surface area contributed by atoms with Gasteiger partial charge in [0.2, 0.25) is 11.8 Å². The summed E-state index contributed by atoms with van der Waals surface area (Å²) in [5, 5.41) is 6.69. The number of likely N-dealkylation sites (N-methyl/N-ethyl adjacent to an activating group) is 1. The van der Waals surface area contributed by atoms with Crippen LogP contribution in [0, 0.1) is 24.5 Å². The summed E-state index contributed by atoms with van der Waals surface area (Å²) in [6.07, 6.45) is -4.90. The molecular formula is C30H39F5N8O2. The second-order valence-corrected chi connectivity index (χ2v) is 12.3. The average molecular weight is 639 g/mol. The number of aromatic nitrogens is 3. The van der Waals surface area contributed by atoms with Gasteiger partial charge in [-0.25, -0.2) is 18.7 Å². The molecule has 2 aliphatic rings. The van der Waals surface area contributed by atoms with E-state index in [1.54, 1.807) is 14.0 Å². The predicted molar refractivity (Wildman–Crippen MR) is 163 cm³/mol. The molecule has 1 fully saturated rings. The first-order chi connectivity index (χ1) is 21.2. The van der Waals surface area contributed by atoms with Gasteiger partial charge >= 0.3 is 6.18 Å². The van der Waals surface area contributed by atoms with Crippen molar-refractivity contribution in [3.8, 4) is 17.1 Å². The Balaban J connectivity index is 1.77. The third-order valence-corrected chi connectivity index (χ3v) is 8.55. The predicted octanol–water partition coefficient (Wildman–Crippen LogP) is 4.45. The first-order valence-corrected chi connectivity index (χ1v) is 14.8. The van der Waals surface area contributed by atoms with Crippen LogP contribution in [0.25, 0.3) is 22.2 Å². The second kappa shape index (κ2) is 12.3. The van der Waals surface area contributed by atoms with Crippen LogP contribution in [0.2, 0.25) is 0 Å². The van der Waals surface area contributed by atoms with Gasteiger partial charge in [0.05, 0.1) is 29.5 Å². The quantitative estimate of drug-likeness (QED) is 0.274. The van der Waals surface area contributed by atoms with Crippen molar-refractivity contribution >= 4 is 28.4 Å². The van der Waals surface area contributed by atoms with Crippen molar-refractivity contribution in [2.75, 3.05) is 76.5 Å². The van der Waals surface area contributed by atoms with E-state index in [9.17, 15) is 17.6 Å². The first kappa shape index (κ1) is 32.8. The summed E-state index contributed by atoms with van der Waals surface area (Å²) in [4.78, 5) is 17.5. The molecule has 0 radical (unpaired) electrons. The lowest BCUT2D eigenvalue weighted by Crippen LogP contribution is -2.71. The molecule has 246 valence electrons. The van der Waals surface area contributed by atoms with E-state index in [1.165, 1.54) is 0 Å². The fourth-order valence-electron chi connectivity index (χ4n) is 6.12. The molecule has 2 atom stereocenters. The number of hydrogen-bond acceptors (Lipinski definition) is 10. The van der Waals surface area contributed by atoms with Crippen molar-refractivity contribution in [2.24, 2.45) is 5.92 Å². The SMILES string of the molecule is COCC1(N(C)C)CN(c2nc3c4c(nc(-c5cc(N)c(F)c(C)c5C(F)(F)F)c(F)c4n2)O[C@@H](C)CC(C)CNCCN3)C1. The van der Waals surface area contributed by atoms with Gasteiger partial charge in [-0.2, -0.15) is 18.2 Å². The zero-order chi connectivity index (χ0) is 32.8. The Morgan fingerprint density at radius 3 is 2.49 bits per heavy atom. The minimum Gasteiger partial charge on any atom is -0.474 e. The molecule has 2 aromatic heterocycles. The zero-order valence-corrected chi connectivity index (χ0v) is 26.2. The molecule has 1 unspecified atom stereocenters. The lowest BCUT2D eigenvalue weighted by Gasteiger charge is -2.53. The van der Waals surface area contributed by atoms with Gasteiger partial charge in [0, 0.05) is 38.9 Å². The van der Waals surface area contributed by atoms with Crippen molar-refractivity contribution in [1.82, 2.24) is 25.2 Å². The lowest BCUT2D eigenvalue weighted by molar-refractivity contribution is -0.137. The Bertz CT molecular complexity index is 1580. The van der Waals surface area contributed by atoms with E-state index >= 15 is 4.39 Å². The third kappa shape index (κ3) is 6.17. The molecule has 3 aromatic rings. The molecular weight excluding hydrogens is 599 g/mol. The van der Waals surface area contributed by atoms with Gasteiger partial charge in [0.25, 0.3) is 0 Å². The van der Waals surface area contributed by atoms with Crippen LogP contribution in [0.3, 0.4) is 0 Å². The number of alkyl halides is 3. The van der Waals surface area contributed by atoms with Crippen molar-refractivity contribution in [3.63, 3.8) is 0 Å². The van der Waals surface area contributed by atoms with Crippen molar-refractivity contribution in [1.29, 1.82) is 0 Å². The Morgan fingerprint density at radius 1 is 1.13 bits per heavy atom. The summed E-state index contributed by atoms with van der Waals surface area (Å²) < 4.78 is 86.2. The Hall–Kier alpha value is -3.56. The molecule has 0 aliphatic carbocycles. The molecule has 15 heteroatoms. The van der Waals surface area contributed by atoms with Gasteiger partial charge in [-0.15, -0.1) is 0 Å². The van der Waals surface area contributed by atoms with Crippen LogP contribution in [0.5, 0.6) is 5.88 Å². The highest BCUT2D eigenvalue weighted by Crippen LogP contribution is 2.45. The van der Waals surface area contributed by atoms with Crippen LogP contribution in [0.4, 0.5) is 39.4 Å². The van der Waals surface area contributed by atoms with Crippen LogP contribution >= 0.6 is 0 Å². The molecule has 0 bridgehead atoms. The number of methoxy groups -OCH3 is 1. The van der Waals surface area contributed by atoms with Crippen LogP contribution in [-0.4, -0.2) is 92.0 Å². The van der Waals surface area contributed by atoms with Crippen LogP contribution in [-0.2, 0) is 10.9 Å². The van der Waals surface area contributed by atoms with E-state index in [2.05, 4.69) is 20.6 Å². The van der Waals surface area contributed by atoms with Crippen LogP contribution in [0.15, 0.2) is 6.07 Å². The summed E-state index contributed by atoms with van der Waals surface area (Å²) in [5.41, 5.74) is 1.04. The minimum absolute atomic E-state index is 0.0942. The summed E-state index contributed by atoms with van der Waals surface area (Å²) in [5.74, 6) is -1.91. The van der Waals surface area contributed by atoms with E-state index < -0.39 is 52.0 Å². The van der Waals surface area contributed by atoms with Crippen molar-refractivity contribution in [2.45, 2.75) is 45.0 Å². The minimum atomic E-state index is -5.04. The van der Waals surface area contributed by atoms with E-state index in [0.29, 0.717) is 45.8 Å². The fourth-order valence-corrected chi connectivity index (χ4v) is 6.12. The van der Waals surface area contributed by atoms with Crippen molar-refractivity contribution in [3.05, 3.63) is 28.8 Å². The highest BCUT2D eigenvalue weighted by Gasteiger charge is 2.47. The molecule has 0 spiro atoms. The van der Waals surface area contributed by atoms with Gasteiger partial charge in [0.15, 0.2) is 5.82 Å². The monoisotopic (exact) mass is 638 g/mol. The molecule has 2 aliphatic heterocycles. The molecule has 0 amide bonds. The molecule has 10 nitrogen and oxygen atoms in total. The summed E-state index contributed by atoms with van der Waals surface area (Å²) in [7, 11) is 5.47. The standard InChI is InChI=1S/C30H39F5N8O2/c1-15-9-16(2)45-27-20-25(23(32)24(39-27)18-10-19(36)22(31)17(3)21(18)30(33,34)35)40-28(41-26(20)38-8-7-37-11-15)43-12-29(13-43,14-44-6)42(4)5/h10,15-16,37H,7-9,11-14,36H2,1-6H3,(H,38,40,41)/t15?,16-/m0/s1. The number of ether oxygens (including phenoxy) is 2. The summed E-state index contributed by atoms with van der Waals surface area (Å²) in [6.45, 7) is 7.85. The fraction of sp³-hybridized carbons (Fsp3) is 0.567. The van der Waals surface area contributed by atoms with Gasteiger partial charge in [-0.05, 0) is 58.5 Å². The van der Waals surface area contributed by atoms with E-state index in [-0.39, 0.29) is 40.0 Å². The van der Waals surface area contributed by atoms with Gasteiger partial charge in [0.1, 0.15) is 28.2 Å². The highest BCUT2D eigenvalue weighted by atomic mass is 19.4. The number of nitrogen functional groups attached to an aromatic ring is 1. The summed E-state index contributed by atoms with van der Waals surface area (Å²) in [6, 6.07) is 0.758. The number of benzene rings is 1. The number of hydrogen-bond donors (Lipinski definition) is 3. The maximum Gasteiger partial charge on any atom is 0.417 e. The number of anilines is 3. The molecule has 5 rings (SSSR count). The maximum absolute atomic E-state index is 16.7. The van der Waals surface area contributed by atoms with Gasteiger partial charge in [-0.1, -0.05) is 6.92 Å². The third-order valence-electron chi connectivity index (χ3n) is 8.55. The highest BCUT2D eigenvalue weighted by molar-refractivity contribution is 5.97. The van der Waals surface area contributed by atoms with Crippen LogP contribution < -0.4 is 26.0 Å². The number of pyridine rings is 1. The number of nitrogens with two attached hydrogens (primary N) is 1.